The first-order chi connectivity index (χ1) is 15.4. The lowest BCUT2D eigenvalue weighted by molar-refractivity contribution is -0.120. The number of aryl methyl sites for hydroxylation is 1. The van der Waals surface area contributed by atoms with Crippen molar-refractivity contribution in [1.82, 2.24) is 20.0 Å². The monoisotopic (exact) mass is 453 g/mol. The summed E-state index contributed by atoms with van der Waals surface area (Å²) in [7, 11) is 1.84. The Labute approximate surface area is 193 Å². The molecular formula is C24H31N5O4. The standard InChI is InChI=1S/C24H31N5O4/c1-23(2,3)33-22(32)29-12-9-16(14-24(29,4)5)15-7-8-17-18(13-15)27(6)26-20(17)28-11-10-19(30)25-21(28)31/h7-9,13H,10-12,14H2,1-6H3,(H,25,30,31). The molecule has 0 saturated carbocycles. The van der Waals surface area contributed by atoms with Gasteiger partial charge < -0.3 is 4.74 Å². The Bertz CT molecular complexity index is 1170. The molecule has 33 heavy (non-hydrogen) atoms. The lowest BCUT2D eigenvalue weighted by Gasteiger charge is -2.42. The maximum Gasteiger partial charge on any atom is 0.411 e. The van der Waals surface area contributed by atoms with Crippen LogP contribution in [0.15, 0.2) is 24.3 Å². The summed E-state index contributed by atoms with van der Waals surface area (Å²) < 4.78 is 7.34. The first kappa shape index (κ1) is 22.8. The highest BCUT2D eigenvalue weighted by atomic mass is 16.6. The molecule has 9 heteroatoms. The van der Waals surface area contributed by atoms with Crippen molar-refractivity contribution in [2.75, 3.05) is 18.0 Å². The maximum atomic E-state index is 12.7. The highest BCUT2D eigenvalue weighted by molar-refractivity contribution is 6.09. The van der Waals surface area contributed by atoms with E-state index in [1.807, 2.05) is 53.8 Å². The molecule has 1 N–H and O–H groups in total. The number of hydrogen-bond acceptors (Lipinski definition) is 5. The molecule has 1 aromatic carbocycles. The van der Waals surface area contributed by atoms with E-state index >= 15 is 0 Å². The van der Waals surface area contributed by atoms with Gasteiger partial charge in [-0.3, -0.25) is 24.6 Å². The van der Waals surface area contributed by atoms with E-state index in [9.17, 15) is 14.4 Å². The number of carbonyl (C=O) groups excluding carboxylic acids is 3. The second kappa shape index (κ2) is 7.90. The first-order valence-electron chi connectivity index (χ1n) is 11.1. The normalized spacial score (nSPS) is 18.9. The number of rotatable bonds is 2. The summed E-state index contributed by atoms with van der Waals surface area (Å²) in [6.07, 6.45) is 2.68. The second-order valence-electron chi connectivity index (χ2n) is 10.2. The van der Waals surface area contributed by atoms with Crippen LogP contribution in [-0.4, -0.2) is 56.9 Å². The number of nitrogens with zero attached hydrogens (tertiary/aromatic N) is 4. The van der Waals surface area contributed by atoms with Crippen LogP contribution in [0.5, 0.6) is 0 Å². The highest BCUT2D eigenvalue weighted by Gasteiger charge is 2.37. The molecule has 176 valence electrons. The molecule has 2 aliphatic rings. The van der Waals surface area contributed by atoms with Crippen molar-refractivity contribution in [2.45, 2.75) is 58.6 Å². The predicted molar refractivity (Wildman–Crippen MR) is 126 cm³/mol. The van der Waals surface area contributed by atoms with Gasteiger partial charge in [-0.2, -0.15) is 5.10 Å². The summed E-state index contributed by atoms with van der Waals surface area (Å²) in [6.45, 7) is 10.5. The van der Waals surface area contributed by atoms with Gasteiger partial charge in [0.15, 0.2) is 5.82 Å². The quantitative estimate of drug-likeness (QED) is 0.746. The topological polar surface area (TPSA) is 96.8 Å². The Kier molecular flexibility index (Phi) is 5.46. The van der Waals surface area contributed by atoms with Gasteiger partial charge in [-0.05, 0) is 64.3 Å². The molecule has 0 radical (unpaired) electrons. The number of aromatic nitrogens is 2. The largest absolute Gasteiger partial charge is 0.444 e. The molecule has 0 spiro atoms. The summed E-state index contributed by atoms with van der Waals surface area (Å²) in [5.41, 5.74) is 2.13. The summed E-state index contributed by atoms with van der Waals surface area (Å²) >= 11 is 0. The van der Waals surface area contributed by atoms with Gasteiger partial charge in [-0.25, -0.2) is 9.59 Å². The van der Waals surface area contributed by atoms with Gasteiger partial charge >= 0.3 is 12.1 Å². The molecule has 0 atom stereocenters. The number of amides is 4. The molecule has 2 aliphatic heterocycles. The number of fused-ring (bicyclic) bond motifs is 1. The zero-order chi connectivity index (χ0) is 24.1. The van der Waals surface area contributed by atoms with Crippen LogP contribution in [0.4, 0.5) is 15.4 Å². The van der Waals surface area contributed by atoms with E-state index in [2.05, 4.69) is 22.6 Å². The maximum absolute atomic E-state index is 12.7. The average Bonchev–Trinajstić information content (AvgIpc) is 3.01. The molecule has 0 aliphatic carbocycles. The van der Waals surface area contributed by atoms with E-state index in [-0.39, 0.29) is 18.4 Å². The smallest absolute Gasteiger partial charge is 0.411 e. The van der Waals surface area contributed by atoms with Gasteiger partial charge in [0, 0.05) is 37.5 Å². The van der Waals surface area contributed by atoms with Gasteiger partial charge in [0.1, 0.15) is 5.60 Å². The van der Waals surface area contributed by atoms with Crippen molar-refractivity contribution < 1.29 is 19.1 Å². The third-order valence-electron chi connectivity index (χ3n) is 6.00. The van der Waals surface area contributed by atoms with Crippen molar-refractivity contribution in [2.24, 2.45) is 7.05 Å². The third kappa shape index (κ3) is 4.44. The fourth-order valence-electron chi connectivity index (χ4n) is 4.34. The third-order valence-corrected chi connectivity index (χ3v) is 6.00. The van der Waals surface area contributed by atoms with Crippen LogP contribution in [0.1, 0.15) is 53.0 Å². The lowest BCUT2D eigenvalue weighted by atomic mass is 9.86. The molecule has 0 bridgehead atoms. The van der Waals surface area contributed by atoms with Crippen molar-refractivity contribution >= 4 is 40.3 Å². The van der Waals surface area contributed by atoms with Crippen molar-refractivity contribution in [3.05, 3.63) is 29.8 Å². The van der Waals surface area contributed by atoms with Crippen LogP contribution in [0.2, 0.25) is 0 Å². The molecule has 1 aromatic heterocycles. The summed E-state index contributed by atoms with van der Waals surface area (Å²) in [5.74, 6) is 0.268. The van der Waals surface area contributed by atoms with Crippen molar-refractivity contribution in [3.63, 3.8) is 0 Å². The van der Waals surface area contributed by atoms with Crippen LogP contribution in [0.3, 0.4) is 0 Å². The zero-order valence-electron chi connectivity index (χ0n) is 20.1. The predicted octanol–water partition coefficient (Wildman–Crippen LogP) is 3.82. The molecule has 1 saturated heterocycles. The minimum Gasteiger partial charge on any atom is -0.444 e. The van der Waals surface area contributed by atoms with E-state index in [4.69, 9.17) is 4.74 Å². The van der Waals surface area contributed by atoms with E-state index < -0.39 is 17.2 Å². The number of nitrogens with one attached hydrogen (secondary N) is 1. The molecule has 4 rings (SSSR count). The molecule has 4 amide bonds. The number of carbonyl (C=O) groups is 3. The van der Waals surface area contributed by atoms with Crippen LogP contribution in [0, 0.1) is 0 Å². The van der Waals surface area contributed by atoms with Gasteiger partial charge in [-0.1, -0.05) is 12.1 Å². The Balaban J connectivity index is 1.62. The summed E-state index contributed by atoms with van der Waals surface area (Å²) in [6, 6.07) is 5.59. The first-order valence-corrected chi connectivity index (χ1v) is 11.1. The molecular weight excluding hydrogens is 422 g/mol. The van der Waals surface area contributed by atoms with Crippen molar-refractivity contribution in [3.8, 4) is 0 Å². The average molecular weight is 454 g/mol. The molecule has 3 heterocycles. The Morgan fingerprint density at radius 1 is 1.21 bits per heavy atom. The highest BCUT2D eigenvalue weighted by Crippen LogP contribution is 2.36. The van der Waals surface area contributed by atoms with Crippen molar-refractivity contribution in [1.29, 1.82) is 0 Å². The molecule has 0 unspecified atom stereocenters. The van der Waals surface area contributed by atoms with Gasteiger partial charge in [0.2, 0.25) is 5.91 Å². The summed E-state index contributed by atoms with van der Waals surface area (Å²) in [5, 5.41) is 7.75. The van der Waals surface area contributed by atoms with E-state index in [0.29, 0.717) is 25.3 Å². The van der Waals surface area contributed by atoms with Gasteiger partial charge in [0.25, 0.3) is 0 Å². The number of hydrogen-bond donors (Lipinski definition) is 1. The number of ether oxygens (including phenoxy) is 1. The Morgan fingerprint density at radius 3 is 2.58 bits per heavy atom. The molecule has 2 aromatic rings. The summed E-state index contributed by atoms with van der Waals surface area (Å²) in [4.78, 5) is 39.8. The van der Waals surface area contributed by atoms with Crippen LogP contribution in [0.25, 0.3) is 16.5 Å². The SMILES string of the molecule is Cn1nc(N2CCC(=O)NC2=O)c2ccc(C3=CCN(C(=O)OC(C)(C)C)C(C)(C)C3)cc21. The van der Waals surface area contributed by atoms with Crippen LogP contribution < -0.4 is 10.2 Å². The zero-order valence-corrected chi connectivity index (χ0v) is 20.1. The number of benzene rings is 1. The Hall–Kier alpha value is -3.36. The number of anilines is 1. The minimum absolute atomic E-state index is 0.248. The van der Waals surface area contributed by atoms with Crippen LogP contribution >= 0.6 is 0 Å². The van der Waals surface area contributed by atoms with Gasteiger partial charge in [-0.15, -0.1) is 0 Å². The molecule has 9 nitrogen and oxygen atoms in total. The van der Waals surface area contributed by atoms with E-state index in [0.717, 1.165) is 22.0 Å². The number of imide groups is 1. The minimum atomic E-state index is -0.544. The fourth-order valence-corrected chi connectivity index (χ4v) is 4.34. The molecule has 1 fully saturated rings. The van der Waals surface area contributed by atoms with E-state index in [1.54, 1.807) is 9.58 Å². The Morgan fingerprint density at radius 2 is 1.94 bits per heavy atom. The van der Waals surface area contributed by atoms with Gasteiger partial charge in [0.05, 0.1) is 5.52 Å². The second-order valence-corrected chi connectivity index (χ2v) is 10.2. The number of urea groups is 1. The van der Waals surface area contributed by atoms with Crippen LogP contribution in [-0.2, 0) is 16.6 Å². The fraction of sp³-hybridized carbons (Fsp3) is 0.500. The van der Waals surface area contributed by atoms with E-state index in [1.165, 1.54) is 4.90 Å². The lowest BCUT2D eigenvalue weighted by Crippen LogP contribution is -2.51.